The maximum atomic E-state index is 12.0. The summed E-state index contributed by atoms with van der Waals surface area (Å²) in [5.41, 5.74) is 0.805. The Balaban J connectivity index is 2.13. The van der Waals surface area contributed by atoms with Gasteiger partial charge in [0.05, 0.1) is 31.2 Å². The van der Waals surface area contributed by atoms with E-state index in [-0.39, 0.29) is 11.0 Å². The van der Waals surface area contributed by atoms with Crippen LogP contribution in [-0.2, 0) is 22.6 Å². The van der Waals surface area contributed by atoms with E-state index in [1.165, 1.54) is 13.3 Å². The van der Waals surface area contributed by atoms with Gasteiger partial charge in [0.25, 0.3) is 5.56 Å². The SMILES string of the molecule is COC(=O)Cn1ncc(NCc2cccnn2)c(Br)c1=O. The minimum absolute atomic E-state index is 0.238. The van der Waals surface area contributed by atoms with Crippen molar-refractivity contribution in [2.24, 2.45) is 0 Å². The molecule has 0 amide bonds. The lowest BCUT2D eigenvalue weighted by molar-refractivity contribution is -0.141. The predicted octanol–water partition coefficient (Wildman–Crippen LogP) is 0.581. The van der Waals surface area contributed by atoms with Crippen LogP contribution < -0.4 is 10.9 Å². The number of ether oxygens (including phenoxy) is 1. The first-order valence-corrected chi connectivity index (χ1v) is 6.74. The average Bonchev–Trinajstić information content (AvgIpc) is 2.52. The predicted molar refractivity (Wildman–Crippen MR) is 77.6 cm³/mol. The maximum absolute atomic E-state index is 12.0. The third kappa shape index (κ3) is 3.85. The molecule has 110 valence electrons. The van der Waals surface area contributed by atoms with E-state index in [1.807, 2.05) is 0 Å². The number of anilines is 1. The minimum Gasteiger partial charge on any atom is -0.468 e. The largest absolute Gasteiger partial charge is 0.468 e. The van der Waals surface area contributed by atoms with E-state index in [0.717, 1.165) is 10.4 Å². The van der Waals surface area contributed by atoms with E-state index in [2.05, 4.69) is 41.3 Å². The molecule has 2 aromatic rings. The summed E-state index contributed by atoms with van der Waals surface area (Å²) in [6.07, 6.45) is 3.03. The molecule has 0 fully saturated rings. The van der Waals surface area contributed by atoms with Gasteiger partial charge in [0.2, 0.25) is 0 Å². The first kappa shape index (κ1) is 15.1. The van der Waals surface area contributed by atoms with Gasteiger partial charge in [-0.25, -0.2) is 4.68 Å². The van der Waals surface area contributed by atoms with Gasteiger partial charge in [-0.05, 0) is 28.1 Å². The van der Waals surface area contributed by atoms with Crippen LogP contribution in [0.25, 0.3) is 0 Å². The van der Waals surface area contributed by atoms with E-state index < -0.39 is 11.5 Å². The lowest BCUT2D eigenvalue weighted by Crippen LogP contribution is -2.28. The number of carbonyl (C=O) groups is 1. The Bertz CT molecular complexity index is 689. The maximum Gasteiger partial charge on any atom is 0.327 e. The highest BCUT2D eigenvalue weighted by Crippen LogP contribution is 2.16. The summed E-state index contributed by atoms with van der Waals surface area (Å²) < 4.78 is 5.80. The first-order valence-electron chi connectivity index (χ1n) is 5.94. The van der Waals surface area contributed by atoms with Crippen LogP contribution >= 0.6 is 15.9 Å². The van der Waals surface area contributed by atoms with Crippen molar-refractivity contribution in [3.63, 3.8) is 0 Å². The standard InChI is InChI=1S/C12H12BrN5O3/c1-21-10(19)7-18-12(20)11(13)9(6-16-18)14-5-8-3-2-4-15-17-8/h2-4,6,14H,5,7H2,1H3. The van der Waals surface area contributed by atoms with Gasteiger partial charge >= 0.3 is 5.97 Å². The van der Waals surface area contributed by atoms with Gasteiger partial charge in [-0.15, -0.1) is 0 Å². The molecule has 0 atom stereocenters. The molecule has 0 bridgehead atoms. The fourth-order valence-corrected chi connectivity index (χ4v) is 1.95. The topological polar surface area (TPSA) is 99.0 Å². The van der Waals surface area contributed by atoms with Gasteiger partial charge in [0.1, 0.15) is 11.0 Å². The summed E-state index contributed by atoms with van der Waals surface area (Å²) in [4.78, 5) is 23.2. The van der Waals surface area contributed by atoms with Crippen LogP contribution in [0.4, 0.5) is 5.69 Å². The summed E-state index contributed by atoms with van der Waals surface area (Å²) in [5, 5.41) is 14.6. The summed E-state index contributed by atoms with van der Waals surface area (Å²) in [5.74, 6) is -0.545. The monoisotopic (exact) mass is 353 g/mol. The molecular weight excluding hydrogens is 342 g/mol. The Morgan fingerprint density at radius 3 is 3.00 bits per heavy atom. The van der Waals surface area contributed by atoms with Crippen molar-refractivity contribution < 1.29 is 9.53 Å². The summed E-state index contributed by atoms with van der Waals surface area (Å²) in [7, 11) is 1.25. The number of hydrogen-bond acceptors (Lipinski definition) is 7. The van der Waals surface area contributed by atoms with Crippen molar-refractivity contribution in [1.82, 2.24) is 20.0 Å². The number of aromatic nitrogens is 4. The Morgan fingerprint density at radius 2 is 2.33 bits per heavy atom. The van der Waals surface area contributed by atoms with Crippen molar-refractivity contribution in [2.45, 2.75) is 13.1 Å². The van der Waals surface area contributed by atoms with E-state index in [9.17, 15) is 9.59 Å². The lowest BCUT2D eigenvalue weighted by atomic mass is 10.3. The van der Waals surface area contributed by atoms with E-state index in [0.29, 0.717) is 12.2 Å². The van der Waals surface area contributed by atoms with Crippen molar-refractivity contribution in [3.05, 3.63) is 45.0 Å². The molecule has 0 spiro atoms. The number of hydrogen-bond donors (Lipinski definition) is 1. The normalized spacial score (nSPS) is 10.2. The van der Waals surface area contributed by atoms with E-state index in [1.54, 1.807) is 18.3 Å². The molecule has 0 aromatic carbocycles. The molecule has 0 aliphatic rings. The van der Waals surface area contributed by atoms with Gasteiger partial charge in [0, 0.05) is 6.20 Å². The highest BCUT2D eigenvalue weighted by Gasteiger charge is 2.11. The number of halogens is 1. The average molecular weight is 354 g/mol. The quantitative estimate of drug-likeness (QED) is 0.784. The van der Waals surface area contributed by atoms with Crippen LogP contribution in [-0.4, -0.2) is 33.1 Å². The number of rotatable bonds is 5. The van der Waals surface area contributed by atoms with Gasteiger partial charge in [0.15, 0.2) is 0 Å². The van der Waals surface area contributed by atoms with Crippen molar-refractivity contribution in [1.29, 1.82) is 0 Å². The number of carbonyl (C=O) groups excluding carboxylic acids is 1. The van der Waals surface area contributed by atoms with Gasteiger partial charge in [-0.2, -0.15) is 15.3 Å². The molecule has 2 aromatic heterocycles. The zero-order valence-corrected chi connectivity index (χ0v) is 12.7. The third-order valence-electron chi connectivity index (χ3n) is 2.58. The molecule has 0 aliphatic carbocycles. The Morgan fingerprint density at radius 1 is 1.52 bits per heavy atom. The molecule has 0 unspecified atom stereocenters. The van der Waals surface area contributed by atoms with Crippen molar-refractivity contribution in [3.8, 4) is 0 Å². The van der Waals surface area contributed by atoms with Crippen LogP contribution in [0.5, 0.6) is 0 Å². The second kappa shape index (κ2) is 6.93. The molecule has 0 radical (unpaired) electrons. The smallest absolute Gasteiger partial charge is 0.327 e. The molecule has 0 aliphatic heterocycles. The number of esters is 1. The van der Waals surface area contributed by atoms with Gasteiger partial charge in [-0.1, -0.05) is 0 Å². The highest BCUT2D eigenvalue weighted by atomic mass is 79.9. The fraction of sp³-hybridized carbons (Fsp3) is 0.250. The number of nitrogens with zero attached hydrogens (tertiary/aromatic N) is 4. The summed E-state index contributed by atoms with van der Waals surface area (Å²) in [6, 6.07) is 3.57. The summed E-state index contributed by atoms with van der Waals surface area (Å²) in [6.45, 7) is 0.160. The number of nitrogens with one attached hydrogen (secondary N) is 1. The lowest BCUT2D eigenvalue weighted by Gasteiger charge is -2.09. The first-order chi connectivity index (χ1) is 10.1. The molecule has 2 rings (SSSR count). The molecule has 21 heavy (non-hydrogen) atoms. The fourth-order valence-electron chi connectivity index (χ4n) is 1.50. The Labute approximate surface area is 128 Å². The molecule has 9 heteroatoms. The van der Waals surface area contributed by atoms with Crippen molar-refractivity contribution in [2.75, 3.05) is 12.4 Å². The van der Waals surface area contributed by atoms with Crippen LogP contribution in [0.3, 0.4) is 0 Å². The van der Waals surface area contributed by atoms with E-state index in [4.69, 9.17) is 0 Å². The Kier molecular flexibility index (Phi) is 4.99. The second-order valence-electron chi connectivity index (χ2n) is 3.98. The molecule has 1 N–H and O–H groups in total. The van der Waals surface area contributed by atoms with Crippen molar-refractivity contribution >= 4 is 27.6 Å². The zero-order chi connectivity index (χ0) is 15.2. The van der Waals surface area contributed by atoms with Crippen LogP contribution in [0.1, 0.15) is 5.69 Å². The summed E-state index contributed by atoms with van der Waals surface area (Å²) >= 11 is 3.19. The second-order valence-corrected chi connectivity index (χ2v) is 4.77. The Hall–Kier alpha value is -2.29. The molecule has 8 nitrogen and oxygen atoms in total. The number of methoxy groups -OCH3 is 1. The van der Waals surface area contributed by atoms with Crippen LogP contribution in [0.15, 0.2) is 33.8 Å². The van der Waals surface area contributed by atoms with Gasteiger partial charge in [-0.3, -0.25) is 9.59 Å². The third-order valence-corrected chi connectivity index (χ3v) is 3.35. The van der Waals surface area contributed by atoms with Crippen LogP contribution in [0.2, 0.25) is 0 Å². The van der Waals surface area contributed by atoms with Crippen LogP contribution in [0, 0.1) is 0 Å². The molecule has 0 saturated carbocycles. The van der Waals surface area contributed by atoms with Gasteiger partial charge < -0.3 is 10.1 Å². The molecule has 2 heterocycles. The molecular formula is C12H12BrN5O3. The zero-order valence-electron chi connectivity index (χ0n) is 11.1. The highest BCUT2D eigenvalue weighted by molar-refractivity contribution is 9.10. The minimum atomic E-state index is -0.545. The van der Waals surface area contributed by atoms with E-state index >= 15 is 0 Å². The molecule has 0 saturated heterocycles.